The first-order valence-electron chi connectivity index (χ1n) is 7.23. The molecule has 0 aliphatic rings. The SMILES string of the molecule is CCCCN(CCCC)C(=S)OCc1ccccc1. The van der Waals surface area contributed by atoms with Gasteiger partial charge in [0.2, 0.25) is 0 Å². The van der Waals surface area contributed by atoms with Crippen LogP contribution in [0.2, 0.25) is 0 Å². The molecule has 0 radical (unpaired) electrons. The van der Waals surface area contributed by atoms with Crippen LogP contribution < -0.4 is 0 Å². The van der Waals surface area contributed by atoms with Gasteiger partial charge in [-0.15, -0.1) is 0 Å². The van der Waals surface area contributed by atoms with E-state index in [0.717, 1.165) is 18.7 Å². The predicted octanol–water partition coefficient (Wildman–Crippen LogP) is 4.39. The molecular formula is C16H25NOS. The van der Waals surface area contributed by atoms with Crippen molar-refractivity contribution < 1.29 is 4.74 Å². The molecule has 0 amide bonds. The topological polar surface area (TPSA) is 12.5 Å². The molecule has 1 aromatic carbocycles. The highest BCUT2D eigenvalue weighted by Gasteiger charge is 2.09. The van der Waals surface area contributed by atoms with E-state index < -0.39 is 0 Å². The minimum Gasteiger partial charge on any atom is -0.466 e. The number of rotatable bonds is 8. The lowest BCUT2D eigenvalue weighted by molar-refractivity contribution is 0.228. The van der Waals surface area contributed by atoms with Gasteiger partial charge in [0, 0.05) is 13.1 Å². The molecule has 0 heterocycles. The molecule has 3 heteroatoms. The molecule has 0 spiro atoms. The van der Waals surface area contributed by atoms with E-state index in [-0.39, 0.29) is 0 Å². The summed E-state index contributed by atoms with van der Waals surface area (Å²) < 4.78 is 5.74. The molecule has 0 saturated carbocycles. The predicted molar refractivity (Wildman–Crippen MR) is 85.2 cm³/mol. The molecule has 106 valence electrons. The molecular weight excluding hydrogens is 254 g/mol. The Bertz CT molecular complexity index is 345. The minimum atomic E-state index is 0.564. The average molecular weight is 279 g/mol. The number of ether oxygens (including phenoxy) is 1. The molecule has 0 unspecified atom stereocenters. The molecule has 0 aromatic heterocycles. The van der Waals surface area contributed by atoms with Crippen molar-refractivity contribution in [2.24, 2.45) is 0 Å². The van der Waals surface area contributed by atoms with E-state index in [1.165, 1.54) is 25.7 Å². The Morgan fingerprint density at radius 3 is 2.16 bits per heavy atom. The maximum atomic E-state index is 5.74. The van der Waals surface area contributed by atoms with Crippen molar-refractivity contribution in [2.75, 3.05) is 13.1 Å². The lowest BCUT2D eigenvalue weighted by Crippen LogP contribution is -2.33. The van der Waals surface area contributed by atoms with Crippen LogP contribution in [0.3, 0.4) is 0 Å². The van der Waals surface area contributed by atoms with E-state index in [2.05, 4.69) is 30.9 Å². The van der Waals surface area contributed by atoms with Gasteiger partial charge >= 0.3 is 0 Å². The Kier molecular flexibility index (Phi) is 8.23. The van der Waals surface area contributed by atoms with Crippen LogP contribution in [0.1, 0.15) is 45.1 Å². The summed E-state index contributed by atoms with van der Waals surface area (Å²) in [4.78, 5) is 2.20. The first kappa shape index (κ1) is 16.0. The number of nitrogens with zero attached hydrogens (tertiary/aromatic N) is 1. The zero-order valence-electron chi connectivity index (χ0n) is 12.1. The van der Waals surface area contributed by atoms with Crippen LogP contribution in [0, 0.1) is 0 Å². The smallest absolute Gasteiger partial charge is 0.259 e. The molecule has 1 aromatic rings. The standard InChI is InChI=1S/C16H25NOS/c1-3-5-12-17(13-6-4-2)16(19)18-14-15-10-8-7-9-11-15/h7-11H,3-6,12-14H2,1-2H3. The van der Waals surface area contributed by atoms with Gasteiger partial charge in [-0.2, -0.15) is 0 Å². The van der Waals surface area contributed by atoms with Crippen molar-refractivity contribution in [2.45, 2.75) is 46.1 Å². The van der Waals surface area contributed by atoms with Gasteiger partial charge in [0.1, 0.15) is 6.61 Å². The van der Waals surface area contributed by atoms with Gasteiger partial charge in [0.15, 0.2) is 0 Å². The normalized spacial score (nSPS) is 10.2. The third kappa shape index (κ3) is 6.58. The number of thiocarbonyl (C=S) groups is 1. The molecule has 2 nitrogen and oxygen atoms in total. The van der Waals surface area contributed by atoms with E-state index in [1.807, 2.05) is 18.2 Å². The van der Waals surface area contributed by atoms with Gasteiger partial charge < -0.3 is 9.64 Å². The summed E-state index contributed by atoms with van der Waals surface area (Å²) in [6, 6.07) is 10.2. The van der Waals surface area contributed by atoms with Gasteiger partial charge in [0.05, 0.1) is 0 Å². The Labute approximate surface area is 122 Å². The quantitative estimate of drug-likeness (QED) is 0.655. The van der Waals surface area contributed by atoms with Crippen LogP contribution in [0.5, 0.6) is 0 Å². The molecule has 0 aliphatic heterocycles. The van der Waals surface area contributed by atoms with Crippen LogP contribution in [0.25, 0.3) is 0 Å². The molecule has 0 aliphatic carbocycles. The van der Waals surface area contributed by atoms with Crippen LogP contribution >= 0.6 is 12.2 Å². The van der Waals surface area contributed by atoms with Gasteiger partial charge in [0.25, 0.3) is 5.17 Å². The fourth-order valence-electron chi connectivity index (χ4n) is 1.80. The van der Waals surface area contributed by atoms with Crippen molar-refractivity contribution in [3.63, 3.8) is 0 Å². The number of unbranched alkanes of at least 4 members (excludes halogenated alkanes) is 2. The van der Waals surface area contributed by atoms with E-state index in [1.54, 1.807) is 0 Å². The van der Waals surface area contributed by atoms with Crippen molar-refractivity contribution in [1.29, 1.82) is 0 Å². The highest BCUT2D eigenvalue weighted by molar-refractivity contribution is 7.80. The molecule has 19 heavy (non-hydrogen) atoms. The summed E-state index contributed by atoms with van der Waals surface area (Å²) in [6.45, 7) is 6.97. The molecule has 0 fully saturated rings. The summed E-state index contributed by atoms with van der Waals surface area (Å²) in [7, 11) is 0. The minimum absolute atomic E-state index is 0.564. The van der Waals surface area contributed by atoms with E-state index in [9.17, 15) is 0 Å². The zero-order valence-corrected chi connectivity index (χ0v) is 12.9. The first-order chi connectivity index (χ1) is 9.27. The summed E-state index contributed by atoms with van der Waals surface area (Å²) in [5.41, 5.74) is 1.16. The van der Waals surface area contributed by atoms with Crippen molar-refractivity contribution in [3.8, 4) is 0 Å². The van der Waals surface area contributed by atoms with E-state index in [0.29, 0.717) is 11.8 Å². The monoisotopic (exact) mass is 279 g/mol. The molecule has 0 N–H and O–H groups in total. The van der Waals surface area contributed by atoms with Gasteiger partial charge in [-0.05, 0) is 30.6 Å². The number of benzene rings is 1. The summed E-state index contributed by atoms with van der Waals surface area (Å²) >= 11 is 5.41. The maximum absolute atomic E-state index is 5.74. The number of hydrogen-bond donors (Lipinski definition) is 0. The van der Waals surface area contributed by atoms with Crippen LogP contribution in [-0.4, -0.2) is 23.2 Å². The van der Waals surface area contributed by atoms with E-state index in [4.69, 9.17) is 17.0 Å². The first-order valence-corrected chi connectivity index (χ1v) is 7.64. The van der Waals surface area contributed by atoms with Crippen LogP contribution in [-0.2, 0) is 11.3 Å². The van der Waals surface area contributed by atoms with E-state index >= 15 is 0 Å². The Morgan fingerprint density at radius 1 is 1.05 bits per heavy atom. The average Bonchev–Trinajstić information content (AvgIpc) is 2.46. The third-order valence-electron chi connectivity index (χ3n) is 3.03. The largest absolute Gasteiger partial charge is 0.466 e. The Hall–Kier alpha value is -1.09. The van der Waals surface area contributed by atoms with Crippen LogP contribution in [0.4, 0.5) is 0 Å². The van der Waals surface area contributed by atoms with Crippen LogP contribution in [0.15, 0.2) is 30.3 Å². The summed E-state index contributed by atoms with van der Waals surface area (Å²) in [5, 5.41) is 0.644. The number of hydrogen-bond acceptors (Lipinski definition) is 2. The Balaban J connectivity index is 2.41. The molecule has 1 rings (SSSR count). The maximum Gasteiger partial charge on any atom is 0.259 e. The molecule has 0 bridgehead atoms. The Morgan fingerprint density at radius 2 is 1.63 bits per heavy atom. The second-order valence-corrected chi connectivity index (χ2v) is 5.08. The van der Waals surface area contributed by atoms with Crippen molar-refractivity contribution in [1.82, 2.24) is 4.90 Å². The second kappa shape index (κ2) is 9.79. The molecule has 0 atom stereocenters. The fourth-order valence-corrected chi connectivity index (χ4v) is 2.04. The third-order valence-corrected chi connectivity index (χ3v) is 3.40. The van der Waals surface area contributed by atoms with Gasteiger partial charge in [-0.1, -0.05) is 57.0 Å². The summed E-state index contributed by atoms with van der Waals surface area (Å²) in [5.74, 6) is 0. The second-order valence-electron chi connectivity index (χ2n) is 4.73. The van der Waals surface area contributed by atoms with Gasteiger partial charge in [-0.25, -0.2) is 0 Å². The van der Waals surface area contributed by atoms with Crippen molar-refractivity contribution >= 4 is 17.4 Å². The molecule has 0 saturated heterocycles. The van der Waals surface area contributed by atoms with Gasteiger partial charge in [-0.3, -0.25) is 0 Å². The lowest BCUT2D eigenvalue weighted by atomic mass is 10.2. The highest BCUT2D eigenvalue weighted by Crippen LogP contribution is 2.06. The zero-order chi connectivity index (χ0) is 13.9. The highest BCUT2D eigenvalue weighted by atomic mass is 32.1. The lowest BCUT2D eigenvalue weighted by Gasteiger charge is -2.24. The fraction of sp³-hybridized carbons (Fsp3) is 0.562. The van der Waals surface area contributed by atoms with Crippen molar-refractivity contribution in [3.05, 3.63) is 35.9 Å². The summed E-state index contributed by atoms with van der Waals surface area (Å²) in [6.07, 6.45) is 4.70.